The highest BCUT2D eigenvalue weighted by Crippen LogP contribution is 2.61. The number of anilines is 2. The molecule has 40 heavy (non-hydrogen) atoms. The molecule has 0 unspecified atom stereocenters. The molecule has 8 heteroatoms. The number of carbonyl (C=O) groups excluding carboxylic acids is 4. The van der Waals surface area contributed by atoms with Crippen molar-refractivity contribution in [3.63, 3.8) is 0 Å². The lowest BCUT2D eigenvalue weighted by Gasteiger charge is -2.28. The standard InChI is InChI=1S/C32H30N2O6/c1-2-39-24-13-11-22(12-14-24)33-27(35)18-40-32(38)20-9-6-10-23(15-20)34-30(36)28-21-16-25(19-7-4-3-5-8-19)26(17-21)29(28)31(34)37/h3-15,21,25-26,28-29H,2,16-18H2,1H3,(H,33,35)/t21-,25-,26+,28+,29+/m0/s1. The Morgan fingerprint density at radius 2 is 1.65 bits per heavy atom. The van der Waals surface area contributed by atoms with E-state index in [0.29, 0.717) is 23.7 Å². The smallest absolute Gasteiger partial charge is 0.338 e. The lowest BCUT2D eigenvalue weighted by Crippen LogP contribution is -2.33. The van der Waals surface area contributed by atoms with Crippen molar-refractivity contribution in [2.45, 2.75) is 25.7 Å². The van der Waals surface area contributed by atoms with Crippen LogP contribution < -0.4 is 15.0 Å². The van der Waals surface area contributed by atoms with Crippen LogP contribution >= 0.6 is 0 Å². The van der Waals surface area contributed by atoms with Crippen molar-refractivity contribution in [3.8, 4) is 5.75 Å². The van der Waals surface area contributed by atoms with Gasteiger partial charge in [-0.3, -0.25) is 19.3 Å². The maximum absolute atomic E-state index is 13.6. The summed E-state index contributed by atoms with van der Waals surface area (Å²) in [5.74, 6) is -0.935. The summed E-state index contributed by atoms with van der Waals surface area (Å²) in [5.41, 5.74) is 2.29. The number of carbonyl (C=O) groups is 4. The van der Waals surface area contributed by atoms with Crippen molar-refractivity contribution in [3.05, 3.63) is 90.0 Å². The fraction of sp³-hybridized carbons (Fsp3) is 0.312. The molecule has 3 aliphatic rings. The van der Waals surface area contributed by atoms with Crippen molar-refractivity contribution in [2.24, 2.45) is 23.7 Å². The molecule has 3 amide bonds. The molecule has 0 spiro atoms. The first-order valence-electron chi connectivity index (χ1n) is 13.7. The maximum Gasteiger partial charge on any atom is 0.338 e. The summed E-state index contributed by atoms with van der Waals surface area (Å²) in [6.07, 6.45) is 1.80. The van der Waals surface area contributed by atoms with Crippen LogP contribution in [0.1, 0.15) is 41.6 Å². The van der Waals surface area contributed by atoms with Gasteiger partial charge in [-0.15, -0.1) is 0 Å². The third-order valence-electron chi connectivity index (χ3n) is 8.37. The predicted octanol–water partition coefficient (Wildman–Crippen LogP) is 4.81. The first kappa shape index (κ1) is 25.8. The molecule has 204 valence electrons. The van der Waals surface area contributed by atoms with Gasteiger partial charge in [0.15, 0.2) is 6.61 Å². The Bertz CT molecular complexity index is 1450. The Labute approximate surface area is 232 Å². The van der Waals surface area contributed by atoms with Gasteiger partial charge in [-0.05, 0) is 85.5 Å². The van der Waals surface area contributed by atoms with E-state index in [2.05, 4.69) is 17.4 Å². The molecule has 1 heterocycles. The number of nitrogens with zero attached hydrogens (tertiary/aromatic N) is 1. The Morgan fingerprint density at radius 1 is 0.900 bits per heavy atom. The minimum absolute atomic E-state index is 0.140. The van der Waals surface area contributed by atoms with Crippen molar-refractivity contribution in [1.82, 2.24) is 0 Å². The van der Waals surface area contributed by atoms with Crippen molar-refractivity contribution in [1.29, 1.82) is 0 Å². The Kier molecular flexibility index (Phi) is 6.84. The van der Waals surface area contributed by atoms with E-state index in [4.69, 9.17) is 9.47 Å². The highest BCUT2D eigenvalue weighted by Gasteiger charge is 2.64. The molecule has 1 saturated heterocycles. The first-order chi connectivity index (χ1) is 19.4. The molecule has 3 aromatic rings. The number of imide groups is 1. The number of fused-ring (bicyclic) bond motifs is 5. The number of hydrogen-bond acceptors (Lipinski definition) is 6. The average molecular weight is 539 g/mol. The summed E-state index contributed by atoms with van der Waals surface area (Å²) >= 11 is 0. The largest absolute Gasteiger partial charge is 0.494 e. The van der Waals surface area contributed by atoms with Gasteiger partial charge in [0.1, 0.15) is 5.75 Å². The molecule has 2 saturated carbocycles. The van der Waals surface area contributed by atoms with Gasteiger partial charge in [0.25, 0.3) is 5.91 Å². The summed E-state index contributed by atoms with van der Waals surface area (Å²) in [4.78, 5) is 53.4. The van der Waals surface area contributed by atoms with E-state index in [1.807, 2.05) is 25.1 Å². The van der Waals surface area contributed by atoms with Gasteiger partial charge in [-0.1, -0.05) is 36.4 Å². The van der Waals surface area contributed by atoms with Crippen LogP contribution in [-0.2, 0) is 19.1 Å². The van der Waals surface area contributed by atoms with Gasteiger partial charge in [-0.2, -0.15) is 0 Å². The topological polar surface area (TPSA) is 102 Å². The van der Waals surface area contributed by atoms with Gasteiger partial charge < -0.3 is 14.8 Å². The third kappa shape index (κ3) is 4.63. The molecule has 3 fully saturated rings. The fourth-order valence-electron chi connectivity index (χ4n) is 6.78. The molecule has 6 rings (SSSR count). The van der Waals surface area contributed by atoms with Crippen LogP contribution in [0, 0.1) is 23.7 Å². The zero-order valence-corrected chi connectivity index (χ0v) is 22.1. The van der Waals surface area contributed by atoms with E-state index in [1.54, 1.807) is 36.4 Å². The number of esters is 1. The van der Waals surface area contributed by atoms with Crippen LogP contribution in [0.4, 0.5) is 11.4 Å². The number of ether oxygens (including phenoxy) is 2. The average Bonchev–Trinajstić information content (AvgIpc) is 3.64. The van der Waals surface area contributed by atoms with Crippen LogP contribution in [0.2, 0.25) is 0 Å². The summed E-state index contributed by atoms with van der Waals surface area (Å²) in [6, 6.07) is 23.4. The summed E-state index contributed by atoms with van der Waals surface area (Å²) < 4.78 is 10.6. The Balaban J connectivity index is 1.11. The molecule has 3 aromatic carbocycles. The molecule has 8 nitrogen and oxygen atoms in total. The van der Waals surface area contributed by atoms with Crippen molar-refractivity contribution >= 4 is 35.1 Å². The van der Waals surface area contributed by atoms with E-state index < -0.39 is 18.5 Å². The normalized spacial score (nSPS) is 24.6. The van der Waals surface area contributed by atoms with Gasteiger partial charge in [0.05, 0.1) is 29.7 Å². The monoisotopic (exact) mass is 538 g/mol. The Morgan fingerprint density at radius 3 is 2.40 bits per heavy atom. The molecular weight excluding hydrogens is 508 g/mol. The second-order valence-electron chi connectivity index (χ2n) is 10.6. The molecule has 2 aliphatic carbocycles. The van der Waals surface area contributed by atoms with E-state index in [1.165, 1.54) is 22.6 Å². The van der Waals surface area contributed by atoms with Gasteiger partial charge in [0, 0.05) is 5.69 Å². The van der Waals surface area contributed by atoms with Crippen LogP contribution in [0.5, 0.6) is 5.75 Å². The quantitative estimate of drug-likeness (QED) is 0.326. The Hall–Kier alpha value is -4.46. The summed E-state index contributed by atoms with van der Waals surface area (Å²) in [6.45, 7) is 1.95. The minimum atomic E-state index is -0.716. The lowest BCUT2D eigenvalue weighted by molar-refractivity contribution is -0.123. The van der Waals surface area contributed by atoms with Crippen LogP contribution in [-0.4, -0.2) is 36.9 Å². The molecule has 1 aliphatic heterocycles. The maximum atomic E-state index is 13.6. The molecule has 1 N–H and O–H groups in total. The molecule has 5 atom stereocenters. The van der Waals surface area contributed by atoms with E-state index >= 15 is 0 Å². The zero-order chi connectivity index (χ0) is 27.8. The third-order valence-corrected chi connectivity index (χ3v) is 8.37. The predicted molar refractivity (Wildman–Crippen MR) is 148 cm³/mol. The first-order valence-corrected chi connectivity index (χ1v) is 13.7. The fourth-order valence-corrected chi connectivity index (χ4v) is 6.78. The van der Waals surface area contributed by atoms with Crippen LogP contribution in [0.3, 0.4) is 0 Å². The highest BCUT2D eigenvalue weighted by molar-refractivity contribution is 6.23. The van der Waals surface area contributed by atoms with Gasteiger partial charge in [0.2, 0.25) is 11.8 Å². The van der Waals surface area contributed by atoms with Gasteiger partial charge in [-0.25, -0.2) is 4.79 Å². The molecular formula is C32H30N2O6. The number of hydrogen-bond donors (Lipinski definition) is 1. The number of nitrogens with one attached hydrogen (secondary N) is 1. The molecule has 0 aromatic heterocycles. The molecule has 0 radical (unpaired) electrons. The SMILES string of the molecule is CCOc1ccc(NC(=O)COC(=O)c2cccc(N3C(=O)[C@@H]4[C@@H]5C[C@@H]([C@H]4C3=O)[C@H](c3ccccc3)C5)c2)cc1. The van der Waals surface area contributed by atoms with Crippen molar-refractivity contribution in [2.75, 3.05) is 23.4 Å². The van der Waals surface area contributed by atoms with Gasteiger partial charge >= 0.3 is 5.97 Å². The highest BCUT2D eigenvalue weighted by atomic mass is 16.5. The number of rotatable bonds is 8. The van der Waals surface area contributed by atoms with Crippen LogP contribution in [0.15, 0.2) is 78.9 Å². The van der Waals surface area contributed by atoms with Crippen LogP contribution in [0.25, 0.3) is 0 Å². The summed E-state index contributed by atoms with van der Waals surface area (Å²) in [5, 5.41) is 2.67. The second kappa shape index (κ2) is 10.6. The van der Waals surface area contributed by atoms with Crippen molar-refractivity contribution < 1.29 is 28.7 Å². The number of amides is 3. The van der Waals surface area contributed by atoms with E-state index in [-0.39, 0.29) is 47.0 Å². The lowest BCUT2D eigenvalue weighted by atomic mass is 9.73. The summed E-state index contributed by atoms with van der Waals surface area (Å²) in [7, 11) is 0. The zero-order valence-electron chi connectivity index (χ0n) is 22.1. The minimum Gasteiger partial charge on any atom is -0.494 e. The van der Waals surface area contributed by atoms with E-state index in [0.717, 1.165) is 12.8 Å². The van der Waals surface area contributed by atoms with E-state index in [9.17, 15) is 19.2 Å². The number of benzene rings is 3. The second-order valence-corrected chi connectivity index (χ2v) is 10.6. The molecule has 2 bridgehead atoms.